The van der Waals surface area contributed by atoms with Gasteiger partial charge in [-0.05, 0) is 48.5 Å². The predicted octanol–water partition coefficient (Wildman–Crippen LogP) is 3.75. The van der Waals surface area contributed by atoms with Crippen LogP contribution >= 0.6 is 0 Å². The van der Waals surface area contributed by atoms with E-state index in [1.165, 1.54) is 0 Å². The maximum Gasteiger partial charge on any atom is 0.253 e. The molecule has 6 heteroatoms. The molecule has 0 aliphatic heterocycles. The molecule has 0 bridgehead atoms. The van der Waals surface area contributed by atoms with E-state index < -0.39 is 6.17 Å². The molecule has 3 rings (SSSR count). The zero-order valence-corrected chi connectivity index (χ0v) is 16.2. The topological polar surface area (TPSA) is 76.7 Å². The summed E-state index contributed by atoms with van der Waals surface area (Å²) in [5.41, 5.74) is 1.59. The van der Waals surface area contributed by atoms with E-state index >= 15 is 0 Å². The summed E-state index contributed by atoms with van der Waals surface area (Å²) in [6, 6.07) is 22.6. The van der Waals surface area contributed by atoms with Crippen LogP contribution in [0.1, 0.15) is 20.7 Å². The van der Waals surface area contributed by atoms with Gasteiger partial charge < -0.3 is 20.1 Å². The summed E-state index contributed by atoms with van der Waals surface area (Å²) < 4.78 is 10.3. The molecule has 3 aromatic carbocycles. The van der Waals surface area contributed by atoms with Gasteiger partial charge >= 0.3 is 0 Å². The Bertz CT molecular complexity index is 954. The van der Waals surface area contributed by atoms with Crippen molar-refractivity contribution in [1.82, 2.24) is 5.32 Å². The number of methoxy groups -OCH3 is 2. The number of nitrogens with one attached hydrogen (secondary N) is 2. The lowest BCUT2D eigenvalue weighted by molar-refractivity contribution is 0.0869. The van der Waals surface area contributed by atoms with Gasteiger partial charge in [0.2, 0.25) is 5.78 Å². The molecule has 0 heterocycles. The molecular weight excluding hydrogens is 368 g/mol. The van der Waals surface area contributed by atoms with Crippen LogP contribution < -0.4 is 20.1 Å². The highest BCUT2D eigenvalue weighted by Gasteiger charge is 2.22. The van der Waals surface area contributed by atoms with Crippen LogP contribution in [0.25, 0.3) is 0 Å². The maximum atomic E-state index is 13.0. The van der Waals surface area contributed by atoms with Gasteiger partial charge in [0.1, 0.15) is 11.5 Å². The molecule has 2 N–H and O–H groups in total. The van der Waals surface area contributed by atoms with E-state index in [-0.39, 0.29) is 11.7 Å². The van der Waals surface area contributed by atoms with Crippen molar-refractivity contribution in [2.45, 2.75) is 6.17 Å². The van der Waals surface area contributed by atoms with Crippen molar-refractivity contribution in [3.63, 3.8) is 0 Å². The van der Waals surface area contributed by atoms with E-state index in [2.05, 4.69) is 10.6 Å². The van der Waals surface area contributed by atoms with Crippen LogP contribution in [0.15, 0.2) is 78.9 Å². The third kappa shape index (κ3) is 5.13. The fourth-order valence-electron chi connectivity index (χ4n) is 2.75. The molecular formula is C23H22N2O4. The second-order valence-corrected chi connectivity index (χ2v) is 6.24. The third-order valence-corrected chi connectivity index (χ3v) is 4.35. The average molecular weight is 390 g/mol. The minimum atomic E-state index is -0.944. The normalized spacial score (nSPS) is 11.2. The number of amides is 1. The molecule has 6 nitrogen and oxygen atoms in total. The Morgan fingerprint density at radius 2 is 1.28 bits per heavy atom. The first-order valence-corrected chi connectivity index (χ1v) is 9.05. The van der Waals surface area contributed by atoms with Gasteiger partial charge in [0, 0.05) is 16.8 Å². The SMILES string of the molecule is COc1ccc(N[C@@H](NC(=O)c2ccc(OC)cc2)C(=O)c2ccccc2)cc1. The largest absolute Gasteiger partial charge is 0.497 e. The Kier molecular flexibility index (Phi) is 6.47. The first-order valence-electron chi connectivity index (χ1n) is 9.05. The number of Topliss-reactive ketones (excluding diaryl/α,β-unsaturated/α-hetero) is 1. The molecule has 0 aliphatic carbocycles. The molecule has 1 atom stereocenters. The monoisotopic (exact) mass is 390 g/mol. The highest BCUT2D eigenvalue weighted by molar-refractivity contribution is 6.05. The van der Waals surface area contributed by atoms with Gasteiger partial charge in [-0.3, -0.25) is 9.59 Å². The number of ketones is 1. The molecule has 0 aromatic heterocycles. The molecule has 148 valence electrons. The maximum absolute atomic E-state index is 13.0. The number of carbonyl (C=O) groups excluding carboxylic acids is 2. The van der Waals surface area contributed by atoms with E-state index in [4.69, 9.17) is 9.47 Å². The summed E-state index contributed by atoms with van der Waals surface area (Å²) in [5, 5.41) is 5.86. The van der Waals surface area contributed by atoms with Gasteiger partial charge in [-0.25, -0.2) is 0 Å². The van der Waals surface area contributed by atoms with Crippen LogP contribution in [0, 0.1) is 0 Å². The summed E-state index contributed by atoms with van der Waals surface area (Å²) >= 11 is 0. The zero-order chi connectivity index (χ0) is 20.6. The molecule has 0 unspecified atom stereocenters. The fourth-order valence-corrected chi connectivity index (χ4v) is 2.75. The van der Waals surface area contributed by atoms with Crippen molar-refractivity contribution in [2.75, 3.05) is 19.5 Å². The number of benzene rings is 3. The van der Waals surface area contributed by atoms with Crippen LogP contribution in [0.2, 0.25) is 0 Å². The van der Waals surface area contributed by atoms with Crippen LogP contribution in [-0.2, 0) is 0 Å². The van der Waals surface area contributed by atoms with E-state index in [0.717, 1.165) is 0 Å². The van der Waals surface area contributed by atoms with Crippen molar-refractivity contribution < 1.29 is 19.1 Å². The Morgan fingerprint density at radius 1 is 0.724 bits per heavy atom. The molecule has 0 aliphatic rings. The van der Waals surface area contributed by atoms with E-state index in [9.17, 15) is 9.59 Å². The minimum Gasteiger partial charge on any atom is -0.497 e. The second kappa shape index (κ2) is 9.41. The van der Waals surface area contributed by atoms with Crippen molar-refractivity contribution in [3.05, 3.63) is 90.0 Å². The standard InChI is InChI=1S/C23H22N2O4/c1-28-19-12-8-17(9-13-19)23(27)25-22(21(26)16-6-4-3-5-7-16)24-18-10-14-20(29-2)15-11-18/h3-15,22,24H,1-2H3,(H,25,27)/t22-/m0/s1. The molecule has 0 radical (unpaired) electrons. The Morgan fingerprint density at radius 3 is 1.83 bits per heavy atom. The number of carbonyl (C=O) groups is 2. The van der Waals surface area contributed by atoms with Crippen molar-refractivity contribution >= 4 is 17.4 Å². The summed E-state index contributed by atoms with van der Waals surface area (Å²) in [5.74, 6) is 0.727. The predicted molar refractivity (Wildman–Crippen MR) is 112 cm³/mol. The van der Waals surface area contributed by atoms with Crippen LogP contribution in [0.4, 0.5) is 5.69 Å². The number of ether oxygens (including phenoxy) is 2. The number of anilines is 1. The number of hydrogen-bond acceptors (Lipinski definition) is 5. The minimum absolute atomic E-state index is 0.247. The van der Waals surface area contributed by atoms with Crippen LogP contribution in [0.5, 0.6) is 11.5 Å². The molecule has 3 aromatic rings. The quantitative estimate of drug-likeness (QED) is 0.452. The lowest BCUT2D eigenvalue weighted by atomic mass is 10.1. The number of rotatable bonds is 8. The molecule has 0 fully saturated rings. The second-order valence-electron chi connectivity index (χ2n) is 6.24. The van der Waals surface area contributed by atoms with Gasteiger partial charge in [-0.15, -0.1) is 0 Å². The van der Waals surface area contributed by atoms with Gasteiger partial charge in [0.25, 0.3) is 5.91 Å². The summed E-state index contributed by atoms with van der Waals surface area (Å²) in [4.78, 5) is 25.7. The Hall–Kier alpha value is -3.80. The third-order valence-electron chi connectivity index (χ3n) is 4.35. The van der Waals surface area contributed by atoms with Crippen molar-refractivity contribution in [1.29, 1.82) is 0 Å². The Balaban J connectivity index is 1.82. The van der Waals surface area contributed by atoms with Crippen LogP contribution in [-0.4, -0.2) is 32.1 Å². The molecule has 1 amide bonds. The molecule has 0 saturated heterocycles. The van der Waals surface area contributed by atoms with Crippen LogP contribution in [0.3, 0.4) is 0 Å². The summed E-state index contributed by atoms with van der Waals surface area (Å²) in [6.45, 7) is 0. The lowest BCUT2D eigenvalue weighted by Gasteiger charge is -2.21. The average Bonchev–Trinajstić information content (AvgIpc) is 2.79. The van der Waals surface area contributed by atoms with Crippen molar-refractivity contribution in [2.24, 2.45) is 0 Å². The van der Waals surface area contributed by atoms with Gasteiger partial charge in [-0.2, -0.15) is 0 Å². The molecule has 29 heavy (non-hydrogen) atoms. The first kappa shape index (κ1) is 19.9. The fraction of sp³-hybridized carbons (Fsp3) is 0.130. The van der Waals surface area contributed by atoms with Gasteiger partial charge in [-0.1, -0.05) is 30.3 Å². The van der Waals surface area contributed by atoms with Gasteiger partial charge in [0.05, 0.1) is 14.2 Å². The first-order chi connectivity index (χ1) is 14.1. The summed E-state index contributed by atoms with van der Waals surface area (Å²) in [7, 11) is 3.14. The molecule has 0 saturated carbocycles. The van der Waals surface area contributed by atoms with E-state index in [1.807, 2.05) is 6.07 Å². The lowest BCUT2D eigenvalue weighted by Crippen LogP contribution is -2.46. The van der Waals surface area contributed by atoms with Crippen molar-refractivity contribution in [3.8, 4) is 11.5 Å². The highest BCUT2D eigenvalue weighted by atomic mass is 16.5. The van der Waals surface area contributed by atoms with Gasteiger partial charge in [0.15, 0.2) is 6.17 Å². The smallest absolute Gasteiger partial charge is 0.253 e. The highest BCUT2D eigenvalue weighted by Crippen LogP contribution is 2.17. The number of hydrogen-bond donors (Lipinski definition) is 2. The van der Waals surface area contributed by atoms with E-state index in [1.54, 1.807) is 87.0 Å². The zero-order valence-electron chi connectivity index (χ0n) is 16.2. The summed E-state index contributed by atoms with van der Waals surface area (Å²) in [6.07, 6.45) is -0.944. The molecule has 0 spiro atoms. The Labute approximate surface area is 169 Å². The van der Waals surface area contributed by atoms with E-state index in [0.29, 0.717) is 28.3 Å².